The van der Waals surface area contributed by atoms with Crippen LogP contribution in [0.5, 0.6) is 0 Å². The summed E-state index contributed by atoms with van der Waals surface area (Å²) in [5.74, 6) is 0.101. The number of nitrogens with zero attached hydrogens (tertiary/aromatic N) is 2. The third-order valence-electron chi connectivity index (χ3n) is 6.03. The van der Waals surface area contributed by atoms with E-state index in [1.165, 1.54) is 0 Å². The van der Waals surface area contributed by atoms with Crippen LogP contribution in [0.15, 0.2) is 48.5 Å². The quantitative estimate of drug-likeness (QED) is 0.241. The van der Waals surface area contributed by atoms with Crippen molar-refractivity contribution in [1.29, 1.82) is 0 Å². The first kappa shape index (κ1) is 32.6. The number of rotatable bonds is 10. The Balaban J connectivity index is 2.21. The average molecular weight is 557 g/mol. The molecular formula is C31H48N4O5. The Kier molecular flexibility index (Phi) is 10.7. The van der Waals surface area contributed by atoms with Gasteiger partial charge in [0.2, 0.25) is 0 Å². The number of hydrogen-bond acceptors (Lipinski definition) is 8. The molecule has 1 unspecified atom stereocenters. The van der Waals surface area contributed by atoms with Gasteiger partial charge in [-0.1, -0.05) is 6.92 Å². The number of ether oxygens (including phenoxy) is 3. The molecule has 222 valence electrons. The molecule has 0 aromatic heterocycles. The van der Waals surface area contributed by atoms with Gasteiger partial charge >= 0.3 is 12.2 Å². The van der Waals surface area contributed by atoms with Crippen molar-refractivity contribution >= 4 is 35.0 Å². The molecule has 40 heavy (non-hydrogen) atoms. The van der Waals surface area contributed by atoms with Crippen LogP contribution in [-0.2, 0) is 14.2 Å². The fourth-order valence-electron chi connectivity index (χ4n) is 4.04. The fraction of sp³-hybridized carbons (Fsp3) is 0.548. The molecule has 1 atom stereocenters. The van der Waals surface area contributed by atoms with E-state index in [2.05, 4.69) is 11.8 Å². The van der Waals surface area contributed by atoms with E-state index in [-0.39, 0.29) is 12.5 Å². The summed E-state index contributed by atoms with van der Waals surface area (Å²) in [6.45, 7) is 18.3. The first-order chi connectivity index (χ1) is 18.4. The van der Waals surface area contributed by atoms with Crippen molar-refractivity contribution in [2.24, 2.45) is 5.92 Å². The van der Waals surface area contributed by atoms with Crippen molar-refractivity contribution in [3.63, 3.8) is 0 Å². The molecule has 1 amide bonds. The summed E-state index contributed by atoms with van der Waals surface area (Å²) in [5, 5.41) is 0. The van der Waals surface area contributed by atoms with E-state index >= 15 is 0 Å². The highest BCUT2D eigenvalue weighted by atomic mass is 16.7. The molecule has 4 N–H and O–H groups in total. The van der Waals surface area contributed by atoms with Gasteiger partial charge in [-0.2, -0.15) is 0 Å². The van der Waals surface area contributed by atoms with E-state index in [1.807, 2.05) is 71.0 Å². The van der Waals surface area contributed by atoms with E-state index in [0.29, 0.717) is 24.5 Å². The highest BCUT2D eigenvalue weighted by molar-refractivity contribution is 5.88. The molecule has 0 heterocycles. The minimum absolute atomic E-state index is 0.101. The average Bonchev–Trinajstić information content (AvgIpc) is 2.81. The van der Waals surface area contributed by atoms with Gasteiger partial charge in [0.05, 0.1) is 5.54 Å². The van der Waals surface area contributed by atoms with Gasteiger partial charge in [-0.25, -0.2) is 9.59 Å². The topological polar surface area (TPSA) is 120 Å². The highest BCUT2D eigenvalue weighted by Gasteiger charge is 2.31. The lowest BCUT2D eigenvalue weighted by Crippen LogP contribution is -2.49. The second kappa shape index (κ2) is 13.2. The number of hydrogen-bond donors (Lipinski definition) is 2. The van der Waals surface area contributed by atoms with Crippen LogP contribution in [0.3, 0.4) is 0 Å². The third-order valence-corrected chi connectivity index (χ3v) is 6.03. The van der Waals surface area contributed by atoms with Crippen LogP contribution < -0.4 is 21.3 Å². The molecule has 0 fully saturated rings. The molecule has 0 spiro atoms. The maximum atomic E-state index is 13.2. The Morgan fingerprint density at radius 1 is 0.775 bits per heavy atom. The van der Waals surface area contributed by atoms with Gasteiger partial charge < -0.3 is 30.6 Å². The van der Waals surface area contributed by atoms with Gasteiger partial charge in [0.15, 0.2) is 0 Å². The van der Waals surface area contributed by atoms with Gasteiger partial charge in [0, 0.05) is 35.8 Å². The number of anilines is 4. The second-order valence-electron chi connectivity index (χ2n) is 12.9. The van der Waals surface area contributed by atoms with Crippen molar-refractivity contribution in [2.75, 3.05) is 41.0 Å². The third kappa shape index (κ3) is 10.9. The molecule has 0 radical (unpaired) electrons. The van der Waals surface area contributed by atoms with Gasteiger partial charge in [-0.05, 0) is 116 Å². The highest BCUT2D eigenvalue weighted by Crippen LogP contribution is 2.28. The van der Waals surface area contributed by atoms with E-state index < -0.39 is 29.0 Å². The second-order valence-corrected chi connectivity index (χ2v) is 12.9. The van der Waals surface area contributed by atoms with Crippen LogP contribution in [0.4, 0.5) is 32.3 Å². The van der Waals surface area contributed by atoms with Crippen molar-refractivity contribution in [3.8, 4) is 0 Å². The summed E-state index contributed by atoms with van der Waals surface area (Å²) >= 11 is 0. The normalized spacial score (nSPS) is 12.8. The fourth-order valence-corrected chi connectivity index (χ4v) is 4.04. The minimum Gasteiger partial charge on any atom is -0.443 e. The zero-order valence-electron chi connectivity index (χ0n) is 25.6. The van der Waals surface area contributed by atoms with Crippen molar-refractivity contribution in [1.82, 2.24) is 0 Å². The number of benzene rings is 2. The number of carbonyl (C=O) groups is 2. The largest absolute Gasteiger partial charge is 0.508 e. The number of nitrogens with two attached hydrogens (primary N) is 2. The Morgan fingerprint density at radius 3 is 1.73 bits per heavy atom. The number of nitrogen functional groups attached to an aromatic ring is 2. The molecule has 9 nitrogen and oxygen atoms in total. The summed E-state index contributed by atoms with van der Waals surface area (Å²) in [7, 11) is 0. The smallest absolute Gasteiger partial charge is 0.443 e. The van der Waals surface area contributed by atoms with Crippen LogP contribution >= 0.6 is 0 Å². The predicted molar refractivity (Wildman–Crippen MR) is 163 cm³/mol. The predicted octanol–water partition coefficient (Wildman–Crippen LogP) is 6.86. The Bertz CT molecular complexity index is 1100. The molecule has 0 bridgehead atoms. The molecule has 0 aliphatic heterocycles. The molecule has 2 aromatic rings. The Morgan fingerprint density at radius 2 is 1.25 bits per heavy atom. The molecule has 2 rings (SSSR count). The first-order valence-electron chi connectivity index (χ1n) is 13.7. The summed E-state index contributed by atoms with van der Waals surface area (Å²) < 4.78 is 16.6. The van der Waals surface area contributed by atoms with Crippen LogP contribution in [0, 0.1) is 5.92 Å². The lowest BCUT2D eigenvalue weighted by atomic mass is 9.99. The van der Waals surface area contributed by atoms with Crippen LogP contribution in [0.1, 0.15) is 68.7 Å². The SMILES string of the molecule is CC(CCN(c1ccc(N)cc1)C(C)(C)COC(=O)OC(C)(C)C)CN(C(=O)OC(C)(C)C)c1ccc(N)cc1. The van der Waals surface area contributed by atoms with E-state index in [0.717, 1.165) is 17.8 Å². The molecule has 2 aromatic carbocycles. The van der Waals surface area contributed by atoms with E-state index in [1.54, 1.807) is 37.8 Å². The number of amides is 1. The first-order valence-corrected chi connectivity index (χ1v) is 13.7. The summed E-state index contributed by atoms with van der Waals surface area (Å²) in [6.07, 6.45) is -0.373. The summed E-state index contributed by atoms with van der Waals surface area (Å²) in [6, 6.07) is 14.8. The van der Waals surface area contributed by atoms with Gasteiger partial charge in [0.1, 0.15) is 17.8 Å². The van der Waals surface area contributed by atoms with E-state index in [4.69, 9.17) is 25.7 Å². The van der Waals surface area contributed by atoms with E-state index in [9.17, 15) is 9.59 Å². The Hall–Kier alpha value is -3.62. The van der Waals surface area contributed by atoms with Crippen molar-refractivity contribution in [2.45, 2.75) is 85.5 Å². The molecular weight excluding hydrogens is 508 g/mol. The maximum Gasteiger partial charge on any atom is 0.508 e. The molecule has 0 saturated carbocycles. The summed E-state index contributed by atoms with van der Waals surface area (Å²) in [4.78, 5) is 29.3. The maximum absolute atomic E-state index is 13.2. The van der Waals surface area contributed by atoms with Crippen molar-refractivity contribution < 1.29 is 23.8 Å². The van der Waals surface area contributed by atoms with Crippen LogP contribution in [-0.4, -0.2) is 48.7 Å². The van der Waals surface area contributed by atoms with Gasteiger partial charge in [-0.15, -0.1) is 0 Å². The number of carbonyl (C=O) groups excluding carboxylic acids is 2. The molecule has 0 aliphatic carbocycles. The lowest BCUT2D eigenvalue weighted by molar-refractivity contribution is -0.0141. The molecule has 9 heteroatoms. The zero-order valence-corrected chi connectivity index (χ0v) is 25.6. The monoisotopic (exact) mass is 556 g/mol. The van der Waals surface area contributed by atoms with Crippen molar-refractivity contribution in [3.05, 3.63) is 48.5 Å². The van der Waals surface area contributed by atoms with Gasteiger partial charge in [-0.3, -0.25) is 4.90 Å². The van der Waals surface area contributed by atoms with Crippen LogP contribution in [0.25, 0.3) is 0 Å². The molecule has 0 saturated heterocycles. The molecule has 0 aliphatic rings. The standard InChI is InChI=1S/C31H48N4O5/c1-22(20-34(27(36)39-29(2,3)4)25-14-10-23(32)11-15-25)18-19-35(26-16-12-24(33)13-17-26)31(8,9)21-38-28(37)40-30(5,6)7/h10-17,22H,18-21,32-33H2,1-9H3. The Labute approximate surface area is 239 Å². The van der Waals surface area contributed by atoms with Gasteiger partial charge in [0.25, 0.3) is 0 Å². The minimum atomic E-state index is -0.706. The lowest BCUT2D eigenvalue weighted by Gasteiger charge is -2.41. The zero-order chi connectivity index (χ0) is 30.3. The van der Waals surface area contributed by atoms with Crippen LogP contribution in [0.2, 0.25) is 0 Å². The summed E-state index contributed by atoms with van der Waals surface area (Å²) in [5.41, 5.74) is 12.9.